The summed E-state index contributed by atoms with van der Waals surface area (Å²) >= 11 is 0. The minimum atomic E-state index is -0.133. The lowest BCUT2D eigenvalue weighted by Crippen LogP contribution is -2.31. The predicted molar refractivity (Wildman–Crippen MR) is 109 cm³/mol. The van der Waals surface area contributed by atoms with E-state index in [1.54, 1.807) is 17.0 Å². The Balaban J connectivity index is 1.73. The monoisotopic (exact) mass is 378 g/mol. The maximum Gasteiger partial charge on any atom is 0.258 e. The number of ether oxygens (including phenoxy) is 2. The van der Waals surface area contributed by atoms with Gasteiger partial charge in [0.1, 0.15) is 11.5 Å². The van der Waals surface area contributed by atoms with Crippen molar-refractivity contribution in [2.45, 2.75) is 45.1 Å². The van der Waals surface area contributed by atoms with Gasteiger partial charge in [-0.25, -0.2) is 0 Å². The van der Waals surface area contributed by atoms with E-state index in [2.05, 4.69) is 6.07 Å². The molecule has 0 aliphatic heterocycles. The van der Waals surface area contributed by atoms with Crippen molar-refractivity contribution in [3.63, 3.8) is 0 Å². The van der Waals surface area contributed by atoms with E-state index in [1.165, 1.54) is 12.8 Å². The van der Waals surface area contributed by atoms with Crippen LogP contribution in [0.4, 0.5) is 5.69 Å². The summed E-state index contributed by atoms with van der Waals surface area (Å²) in [5.74, 6) is 1.42. The fraction of sp³-hybridized carbons (Fsp3) is 0.391. The third-order valence-corrected chi connectivity index (χ3v) is 4.86. The molecule has 0 atom stereocenters. The highest BCUT2D eigenvalue weighted by molar-refractivity contribution is 6.06. The van der Waals surface area contributed by atoms with Gasteiger partial charge in [-0.1, -0.05) is 0 Å². The first-order valence-electron chi connectivity index (χ1n) is 9.89. The van der Waals surface area contributed by atoms with E-state index < -0.39 is 0 Å². The van der Waals surface area contributed by atoms with E-state index in [4.69, 9.17) is 14.7 Å². The number of benzene rings is 2. The number of anilines is 1. The van der Waals surface area contributed by atoms with Gasteiger partial charge in [0.25, 0.3) is 5.91 Å². The number of nitrogens with zero attached hydrogens (tertiary/aromatic N) is 2. The Morgan fingerprint density at radius 1 is 1.07 bits per heavy atom. The average Bonchev–Trinajstić information content (AvgIpc) is 3.23. The Morgan fingerprint density at radius 2 is 1.71 bits per heavy atom. The van der Waals surface area contributed by atoms with Gasteiger partial charge in [0.15, 0.2) is 0 Å². The summed E-state index contributed by atoms with van der Waals surface area (Å²) in [6.45, 7) is 2.85. The number of carbonyl (C=O) groups excluding carboxylic acids is 1. The van der Waals surface area contributed by atoms with Crippen LogP contribution < -0.4 is 14.4 Å². The van der Waals surface area contributed by atoms with Crippen LogP contribution in [0.25, 0.3) is 0 Å². The van der Waals surface area contributed by atoms with Crippen molar-refractivity contribution in [1.29, 1.82) is 5.26 Å². The molecular weight excluding hydrogens is 352 g/mol. The minimum absolute atomic E-state index is 0.133. The Hall–Kier alpha value is -3.00. The average molecular weight is 378 g/mol. The van der Waals surface area contributed by atoms with Crippen molar-refractivity contribution in [1.82, 2.24) is 0 Å². The molecule has 146 valence electrons. The fourth-order valence-corrected chi connectivity index (χ4v) is 3.43. The van der Waals surface area contributed by atoms with Gasteiger partial charge in [0, 0.05) is 17.8 Å². The molecule has 1 saturated carbocycles. The minimum Gasteiger partial charge on any atom is -0.494 e. The number of carbonyl (C=O) groups is 1. The van der Waals surface area contributed by atoms with E-state index in [9.17, 15) is 4.79 Å². The molecule has 2 aromatic carbocycles. The van der Waals surface area contributed by atoms with Crippen molar-refractivity contribution >= 4 is 11.6 Å². The molecule has 0 radical (unpaired) electrons. The molecule has 0 N–H and O–H groups in total. The second-order valence-electron chi connectivity index (χ2n) is 6.84. The van der Waals surface area contributed by atoms with E-state index in [1.807, 2.05) is 43.3 Å². The SMILES string of the molecule is CCOc1ccc(N(CCC#N)C(=O)c2ccc(OC3CCCC3)cc2)cc1. The van der Waals surface area contributed by atoms with Gasteiger partial charge in [0.05, 0.1) is 25.2 Å². The lowest BCUT2D eigenvalue weighted by molar-refractivity contribution is 0.0987. The molecule has 0 spiro atoms. The third kappa shape index (κ3) is 5.04. The Labute approximate surface area is 166 Å². The van der Waals surface area contributed by atoms with Crippen molar-refractivity contribution in [3.05, 3.63) is 54.1 Å². The summed E-state index contributed by atoms with van der Waals surface area (Å²) in [6, 6.07) is 16.8. The van der Waals surface area contributed by atoms with Gasteiger partial charge in [-0.3, -0.25) is 4.79 Å². The van der Waals surface area contributed by atoms with E-state index in [0.29, 0.717) is 18.7 Å². The molecule has 0 heterocycles. The lowest BCUT2D eigenvalue weighted by atomic mass is 10.1. The summed E-state index contributed by atoms with van der Waals surface area (Å²) in [5.41, 5.74) is 1.32. The zero-order valence-electron chi connectivity index (χ0n) is 16.3. The molecule has 0 bridgehead atoms. The zero-order chi connectivity index (χ0) is 19.8. The molecule has 1 amide bonds. The first-order chi connectivity index (χ1) is 13.7. The molecule has 0 saturated heterocycles. The molecular formula is C23H26N2O3. The predicted octanol–water partition coefficient (Wildman–Crippen LogP) is 4.97. The lowest BCUT2D eigenvalue weighted by Gasteiger charge is -2.22. The Bertz CT molecular complexity index is 803. The van der Waals surface area contributed by atoms with Crippen molar-refractivity contribution in [2.75, 3.05) is 18.1 Å². The fourth-order valence-electron chi connectivity index (χ4n) is 3.43. The van der Waals surface area contributed by atoms with Gasteiger partial charge < -0.3 is 14.4 Å². The molecule has 1 fully saturated rings. The highest BCUT2D eigenvalue weighted by Crippen LogP contribution is 2.26. The standard InChI is InChI=1S/C23H26N2O3/c1-2-27-20-14-10-19(11-15-20)25(17-5-16-24)23(26)18-8-12-22(13-9-18)28-21-6-3-4-7-21/h8-15,21H,2-7,17H2,1H3. The number of hydrogen-bond acceptors (Lipinski definition) is 4. The van der Waals surface area contributed by atoms with E-state index >= 15 is 0 Å². The summed E-state index contributed by atoms with van der Waals surface area (Å²) in [7, 11) is 0. The summed E-state index contributed by atoms with van der Waals surface area (Å²) in [4.78, 5) is 14.7. The normalized spacial score (nSPS) is 13.7. The highest BCUT2D eigenvalue weighted by atomic mass is 16.5. The number of amides is 1. The van der Waals surface area contributed by atoms with E-state index in [0.717, 1.165) is 30.0 Å². The molecule has 5 nitrogen and oxygen atoms in total. The molecule has 28 heavy (non-hydrogen) atoms. The van der Waals surface area contributed by atoms with Crippen molar-refractivity contribution in [3.8, 4) is 17.6 Å². The maximum absolute atomic E-state index is 13.1. The van der Waals surface area contributed by atoms with Crippen LogP contribution in [-0.2, 0) is 0 Å². The van der Waals surface area contributed by atoms with Crippen LogP contribution in [-0.4, -0.2) is 25.2 Å². The highest BCUT2D eigenvalue weighted by Gasteiger charge is 2.19. The summed E-state index contributed by atoms with van der Waals surface area (Å²) < 4.78 is 11.4. The van der Waals surface area contributed by atoms with Crippen LogP contribution in [0.5, 0.6) is 11.5 Å². The third-order valence-electron chi connectivity index (χ3n) is 4.86. The second-order valence-corrected chi connectivity index (χ2v) is 6.84. The second kappa shape index (κ2) is 9.80. The van der Waals surface area contributed by atoms with Crippen LogP contribution in [0.1, 0.15) is 49.4 Å². The number of rotatable bonds is 8. The summed E-state index contributed by atoms with van der Waals surface area (Å²) in [5, 5.41) is 8.98. The zero-order valence-corrected chi connectivity index (χ0v) is 16.3. The molecule has 2 aromatic rings. The van der Waals surface area contributed by atoms with Crippen LogP contribution in [0.3, 0.4) is 0 Å². The van der Waals surface area contributed by atoms with E-state index in [-0.39, 0.29) is 18.4 Å². The largest absolute Gasteiger partial charge is 0.494 e. The summed E-state index contributed by atoms with van der Waals surface area (Å²) in [6.07, 6.45) is 5.19. The van der Waals surface area contributed by atoms with Gasteiger partial charge in [-0.2, -0.15) is 5.26 Å². The first kappa shape index (κ1) is 19.8. The molecule has 3 rings (SSSR count). The quantitative estimate of drug-likeness (QED) is 0.651. The van der Waals surface area contributed by atoms with Gasteiger partial charge in [-0.05, 0) is 81.1 Å². The molecule has 0 aromatic heterocycles. The van der Waals surface area contributed by atoms with Crippen molar-refractivity contribution in [2.24, 2.45) is 0 Å². The molecule has 1 aliphatic rings. The Morgan fingerprint density at radius 3 is 2.32 bits per heavy atom. The Kier molecular flexibility index (Phi) is 6.91. The van der Waals surface area contributed by atoms with Crippen LogP contribution in [0.15, 0.2) is 48.5 Å². The maximum atomic E-state index is 13.1. The number of nitriles is 1. The molecule has 0 unspecified atom stereocenters. The topological polar surface area (TPSA) is 62.6 Å². The molecule has 5 heteroatoms. The van der Waals surface area contributed by atoms with Crippen molar-refractivity contribution < 1.29 is 14.3 Å². The first-order valence-corrected chi connectivity index (χ1v) is 9.89. The van der Waals surface area contributed by atoms with Gasteiger partial charge in [0.2, 0.25) is 0 Å². The smallest absolute Gasteiger partial charge is 0.258 e. The van der Waals surface area contributed by atoms with Crippen LogP contribution >= 0.6 is 0 Å². The van der Waals surface area contributed by atoms with Gasteiger partial charge in [-0.15, -0.1) is 0 Å². The van der Waals surface area contributed by atoms with Gasteiger partial charge >= 0.3 is 0 Å². The molecule has 1 aliphatic carbocycles. The number of hydrogen-bond donors (Lipinski definition) is 0. The van der Waals surface area contributed by atoms with Crippen LogP contribution in [0.2, 0.25) is 0 Å². The van der Waals surface area contributed by atoms with Crippen LogP contribution in [0, 0.1) is 11.3 Å².